The minimum absolute atomic E-state index is 0.0749. The second-order valence-electron chi connectivity index (χ2n) is 3.51. The Bertz CT molecular complexity index is 483. The molecule has 0 saturated carbocycles. The topological polar surface area (TPSA) is 55.4 Å². The Kier molecular flexibility index (Phi) is 5.05. The summed E-state index contributed by atoms with van der Waals surface area (Å²) >= 11 is 0. The highest BCUT2D eigenvalue weighted by atomic mass is 19.1. The van der Waals surface area contributed by atoms with E-state index >= 15 is 0 Å². The van der Waals surface area contributed by atoms with Gasteiger partial charge in [-0.2, -0.15) is 0 Å². The second kappa shape index (κ2) is 6.54. The SMILES string of the molecule is CCOC(=O)C=C(C)NC(=O)c1ccccc1F. The van der Waals surface area contributed by atoms with Crippen LogP contribution in [0.3, 0.4) is 0 Å². The van der Waals surface area contributed by atoms with E-state index in [-0.39, 0.29) is 12.2 Å². The number of carbonyl (C=O) groups excluding carboxylic acids is 2. The van der Waals surface area contributed by atoms with E-state index in [1.165, 1.54) is 25.1 Å². The molecule has 5 heteroatoms. The fraction of sp³-hybridized carbons (Fsp3) is 0.231. The van der Waals surface area contributed by atoms with Crippen molar-refractivity contribution in [3.8, 4) is 0 Å². The highest BCUT2D eigenvalue weighted by Crippen LogP contribution is 2.06. The van der Waals surface area contributed by atoms with Gasteiger partial charge in [0.05, 0.1) is 12.2 Å². The summed E-state index contributed by atoms with van der Waals surface area (Å²) in [6.45, 7) is 3.46. The molecule has 0 bridgehead atoms. The third-order valence-corrected chi connectivity index (χ3v) is 2.05. The smallest absolute Gasteiger partial charge is 0.332 e. The van der Waals surface area contributed by atoms with Crippen LogP contribution in [0.15, 0.2) is 36.0 Å². The second-order valence-corrected chi connectivity index (χ2v) is 3.51. The van der Waals surface area contributed by atoms with E-state index in [0.717, 1.165) is 6.08 Å². The first-order valence-corrected chi connectivity index (χ1v) is 5.45. The molecule has 0 aliphatic heterocycles. The number of nitrogens with one attached hydrogen (secondary N) is 1. The number of hydrogen-bond donors (Lipinski definition) is 1. The maximum absolute atomic E-state index is 13.3. The van der Waals surface area contributed by atoms with E-state index in [0.29, 0.717) is 5.70 Å². The van der Waals surface area contributed by atoms with Gasteiger partial charge in [-0.3, -0.25) is 4.79 Å². The molecule has 1 rings (SSSR count). The van der Waals surface area contributed by atoms with Crippen molar-refractivity contribution in [2.45, 2.75) is 13.8 Å². The van der Waals surface area contributed by atoms with Gasteiger partial charge in [0.15, 0.2) is 0 Å². The highest BCUT2D eigenvalue weighted by Gasteiger charge is 2.11. The Hall–Kier alpha value is -2.17. The first kappa shape index (κ1) is 13.9. The van der Waals surface area contributed by atoms with Crippen LogP contribution in [0.5, 0.6) is 0 Å². The van der Waals surface area contributed by atoms with Crippen molar-refractivity contribution < 1.29 is 18.7 Å². The quantitative estimate of drug-likeness (QED) is 0.658. The summed E-state index contributed by atoms with van der Waals surface area (Å²) in [6, 6.07) is 5.61. The van der Waals surface area contributed by atoms with Gasteiger partial charge >= 0.3 is 5.97 Å². The van der Waals surface area contributed by atoms with Crippen LogP contribution in [0.25, 0.3) is 0 Å². The number of halogens is 1. The van der Waals surface area contributed by atoms with Crippen LogP contribution in [-0.2, 0) is 9.53 Å². The summed E-state index contributed by atoms with van der Waals surface area (Å²) in [5.74, 6) is -1.77. The van der Waals surface area contributed by atoms with Gasteiger partial charge in [0.25, 0.3) is 5.91 Å². The normalized spacial score (nSPS) is 10.9. The van der Waals surface area contributed by atoms with Crippen molar-refractivity contribution in [3.05, 3.63) is 47.4 Å². The fourth-order valence-electron chi connectivity index (χ4n) is 1.29. The molecule has 4 nitrogen and oxygen atoms in total. The third-order valence-electron chi connectivity index (χ3n) is 2.05. The first-order chi connectivity index (χ1) is 8.54. The minimum Gasteiger partial charge on any atom is -0.463 e. The number of allylic oxidation sites excluding steroid dienone is 1. The molecule has 0 aromatic heterocycles. The van der Waals surface area contributed by atoms with E-state index in [9.17, 15) is 14.0 Å². The Balaban J connectivity index is 2.71. The van der Waals surface area contributed by atoms with Gasteiger partial charge in [-0.15, -0.1) is 0 Å². The lowest BCUT2D eigenvalue weighted by Gasteiger charge is -2.06. The van der Waals surface area contributed by atoms with Crippen LogP contribution in [-0.4, -0.2) is 18.5 Å². The van der Waals surface area contributed by atoms with E-state index in [2.05, 4.69) is 10.1 Å². The van der Waals surface area contributed by atoms with Gasteiger partial charge in [0.1, 0.15) is 5.82 Å². The monoisotopic (exact) mass is 251 g/mol. The zero-order valence-corrected chi connectivity index (χ0v) is 10.2. The molecule has 96 valence electrons. The van der Waals surface area contributed by atoms with Crippen molar-refractivity contribution in [1.82, 2.24) is 5.32 Å². The molecule has 0 radical (unpaired) electrons. The van der Waals surface area contributed by atoms with Gasteiger partial charge in [-0.25, -0.2) is 9.18 Å². The van der Waals surface area contributed by atoms with E-state index in [1.807, 2.05) is 0 Å². The molecular formula is C13H14FNO3. The van der Waals surface area contributed by atoms with Crippen LogP contribution in [0.4, 0.5) is 4.39 Å². The minimum atomic E-state index is -0.612. The number of benzene rings is 1. The summed E-state index contributed by atoms with van der Waals surface area (Å²) in [5, 5.41) is 2.41. The van der Waals surface area contributed by atoms with Gasteiger partial charge in [-0.1, -0.05) is 12.1 Å². The number of hydrogen-bond acceptors (Lipinski definition) is 3. The van der Waals surface area contributed by atoms with Gasteiger partial charge in [0.2, 0.25) is 0 Å². The number of rotatable bonds is 4. The number of esters is 1. The van der Waals surface area contributed by atoms with Crippen LogP contribution >= 0.6 is 0 Å². The molecule has 0 saturated heterocycles. The van der Waals surface area contributed by atoms with Crippen LogP contribution in [0.2, 0.25) is 0 Å². The molecule has 1 N–H and O–H groups in total. The zero-order chi connectivity index (χ0) is 13.5. The molecule has 0 heterocycles. The molecule has 0 atom stereocenters. The Labute approximate surface area is 104 Å². The summed E-state index contributed by atoms with van der Waals surface area (Å²) in [4.78, 5) is 22.8. The summed E-state index contributed by atoms with van der Waals surface area (Å²) in [5.41, 5.74) is 0.218. The molecule has 0 fully saturated rings. The molecule has 0 aliphatic rings. The van der Waals surface area contributed by atoms with Crippen LogP contribution in [0.1, 0.15) is 24.2 Å². The van der Waals surface area contributed by atoms with E-state index in [1.54, 1.807) is 13.0 Å². The van der Waals surface area contributed by atoms with Crippen LogP contribution in [0, 0.1) is 5.82 Å². The van der Waals surface area contributed by atoms with Gasteiger partial charge in [-0.05, 0) is 26.0 Å². The van der Waals surface area contributed by atoms with Crippen molar-refractivity contribution in [3.63, 3.8) is 0 Å². The maximum atomic E-state index is 13.3. The highest BCUT2D eigenvalue weighted by molar-refractivity contribution is 5.96. The average Bonchev–Trinajstić information content (AvgIpc) is 2.29. The molecule has 1 aromatic carbocycles. The lowest BCUT2D eigenvalue weighted by atomic mass is 10.2. The predicted molar refractivity (Wildman–Crippen MR) is 64.3 cm³/mol. The Morgan fingerprint density at radius 2 is 2.06 bits per heavy atom. The largest absolute Gasteiger partial charge is 0.463 e. The molecule has 0 aliphatic carbocycles. The summed E-state index contributed by atoms with van der Waals surface area (Å²) < 4.78 is 18.0. The van der Waals surface area contributed by atoms with Gasteiger partial charge in [0, 0.05) is 11.8 Å². The van der Waals surface area contributed by atoms with Crippen molar-refractivity contribution in [1.29, 1.82) is 0 Å². The molecular weight excluding hydrogens is 237 g/mol. The first-order valence-electron chi connectivity index (χ1n) is 5.45. The standard InChI is InChI=1S/C13H14FNO3/c1-3-18-12(16)8-9(2)15-13(17)10-6-4-5-7-11(10)14/h4-8H,3H2,1-2H3,(H,15,17). The summed E-state index contributed by atoms with van der Waals surface area (Å²) in [7, 11) is 0. The third kappa shape index (κ3) is 4.01. The molecule has 0 unspecified atom stereocenters. The Morgan fingerprint density at radius 1 is 1.39 bits per heavy atom. The van der Waals surface area contributed by atoms with Crippen molar-refractivity contribution >= 4 is 11.9 Å². The summed E-state index contributed by atoms with van der Waals surface area (Å²) in [6.07, 6.45) is 1.14. The van der Waals surface area contributed by atoms with Crippen molar-refractivity contribution in [2.24, 2.45) is 0 Å². The number of amides is 1. The van der Waals surface area contributed by atoms with Gasteiger partial charge < -0.3 is 10.1 Å². The number of ether oxygens (including phenoxy) is 1. The molecule has 1 aromatic rings. The van der Waals surface area contributed by atoms with E-state index < -0.39 is 17.7 Å². The predicted octanol–water partition coefficient (Wildman–Crippen LogP) is 2.02. The lowest BCUT2D eigenvalue weighted by molar-refractivity contribution is -0.137. The average molecular weight is 251 g/mol. The molecule has 18 heavy (non-hydrogen) atoms. The zero-order valence-electron chi connectivity index (χ0n) is 10.2. The Morgan fingerprint density at radius 3 is 2.67 bits per heavy atom. The number of carbonyl (C=O) groups is 2. The van der Waals surface area contributed by atoms with Crippen LogP contribution < -0.4 is 5.32 Å². The van der Waals surface area contributed by atoms with E-state index in [4.69, 9.17) is 0 Å². The lowest BCUT2D eigenvalue weighted by Crippen LogP contribution is -2.23. The van der Waals surface area contributed by atoms with Crippen molar-refractivity contribution in [2.75, 3.05) is 6.61 Å². The molecule has 0 spiro atoms. The molecule has 1 amide bonds. The maximum Gasteiger partial charge on any atom is 0.332 e. The fourth-order valence-corrected chi connectivity index (χ4v) is 1.29.